The van der Waals surface area contributed by atoms with Gasteiger partial charge in [0, 0.05) is 0 Å². The monoisotopic (exact) mass is 236 g/mol. The summed E-state index contributed by atoms with van der Waals surface area (Å²) in [6.07, 6.45) is 17.8. The van der Waals surface area contributed by atoms with Crippen molar-refractivity contribution in [1.82, 2.24) is 0 Å². The molecule has 0 saturated heterocycles. The maximum atomic E-state index is 9.84. The normalized spacial score (nSPS) is 9.71. The van der Waals surface area contributed by atoms with E-state index in [1.807, 2.05) is 0 Å². The van der Waals surface area contributed by atoms with Gasteiger partial charge in [0.1, 0.15) is 0 Å². The summed E-state index contributed by atoms with van der Waals surface area (Å²) in [7, 11) is 0. The first kappa shape index (κ1) is 16.2. The van der Waals surface area contributed by atoms with E-state index < -0.39 is 0 Å². The minimum atomic E-state index is 0.978. The zero-order chi connectivity index (χ0) is 12.6. The zero-order valence-corrected chi connectivity index (χ0v) is 11.5. The van der Waals surface area contributed by atoms with Crippen molar-refractivity contribution in [3.05, 3.63) is 11.8 Å². The molecule has 98 valence electrons. The molecular formula is C16H28O. The van der Waals surface area contributed by atoms with Crippen LogP contribution < -0.4 is 0 Å². The van der Waals surface area contributed by atoms with Crippen LogP contribution in [-0.4, -0.2) is 5.94 Å². The summed E-state index contributed by atoms with van der Waals surface area (Å²) >= 11 is 0. The van der Waals surface area contributed by atoms with E-state index in [0.29, 0.717) is 0 Å². The first-order chi connectivity index (χ1) is 8.41. The maximum Gasteiger partial charge on any atom is 0.176 e. The van der Waals surface area contributed by atoms with E-state index in [9.17, 15) is 4.79 Å². The van der Waals surface area contributed by atoms with Gasteiger partial charge in [0.25, 0.3) is 0 Å². The van der Waals surface area contributed by atoms with Crippen LogP contribution in [0.15, 0.2) is 11.8 Å². The zero-order valence-electron chi connectivity index (χ0n) is 11.5. The van der Waals surface area contributed by atoms with Gasteiger partial charge in [-0.05, 0) is 24.6 Å². The van der Waals surface area contributed by atoms with Crippen molar-refractivity contribution in [3.63, 3.8) is 0 Å². The number of unbranched alkanes of at least 4 members (excludes halogenated alkanes) is 11. The number of rotatable bonds is 12. The Kier molecular flexibility index (Phi) is 14.5. The molecule has 17 heavy (non-hydrogen) atoms. The van der Waals surface area contributed by atoms with Crippen LogP contribution in [0.5, 0.6) is 0 Å². The van der Waals surface area contributed by atoms with Gasteiger partial charge in [0.15, 0.2) is 5.94 Å². The number of allylic oxidation sites excluding steroid dienone is 1. The lowest BCUT2D eigenvalue weighted by Crippen LogP contribution is -1.81. The lowest BCUT2D eigenvalue weighted by atomic mass is 10.1. The van der Waals surface area contributed by atoms with Crippen molar-refractivity contribution in [3.8, 4) is 0 Å². The third-order valence-corrected chi connectivity index (χ3v) is 3.11. The molecule has 1 nitrogen and oxygen atoms in total. The topological polar surface area (TPSA) is 17.1 Å². The van der Waals surface area contributed by atoms with E-state index >= 15 is 0 Å². The van der Waals surface area contributed by atoms with Gasteiger partial charge >= 0.3 is 0 Å². The van der Waals surface area contributed by atoms with E-state index in [-0.39, 0.29) is 0 Å². The molecule has 0 heterocycles. The lowest BCUT2D eigenvalue weighted by Gasteiger charge is -2.01. The molecule has 0 aromatic heterocycles. The fourth-order valence-electron chi connectivity index (χ4n) is 2.02. The van der Waals surface area contributed by atoms with Gasteiger partial charge < -0.3 is 0 Å². The van der Waals surface area contributed by atoms with Crippen LogP contribution in [0.25, 0.3) is 0 Å². The number of hydrogen-bond acceptors (Lipinski definition) is 1. The van der Waals surface area contributed by atoms with E-state index in [1.165, 1.54) is 70.6 Å². The average Bonchev–Trinajstić information content (AvgIpc) is 2.35. The Hall–Kier alpha value is -0.770. The van der Waals surface area contributed by atoms with Crippen molar-refractivity contribution >= 4 is 5.94 Å². The van der Waals surface area contributed by atoms with E-state index in [1.54, 1.807) is 12.0 Å². The molecule has 0 radical (unpaired) electrons. The second kappa shape index (κ2) is 15.2. The second-order valence-electron chi connectivity index (χ2n) is 4.77. The maximum absolute atomic E-state index is 9.84. The molecule has 0 aromatic rings. The molecule has 0 unspecified atom stereocenters. The van der Waals surface area contributed by atoms with Gasteiger partial charge in [-0.25, -0.2) is 4.79 Å². The first-order valence-electron chi connectivity index (χ1n) is 7.36. The average molecular weight is 236 g/mol. The molecule has 0 aliphatic rings. The molecule has 0 saturated carbocycles. The van der Waals surface area contributed by atoms with Crippen LogP contribution in [0.2, 0.25) is 0 Å². The van der Waals surface area contributed by atoms with E-state index in [0.717, 1.165) is 6.42 Å². The first-order valence-corrected chi connectivity index (χ1v) is 7.36. The van der Waals surface area contributed by atoms with Gasteiger partial charge in [0.05, 0.1) is 0 Å². The molecule has 0 N–H and O–H groups in total. The summed E-state index contributed by atoms with van der Waals surface area (Å²) in [6, 6.07) is 0. The molecule has 0 fully saturated rings. The highest BCUT2D eigenvalue weighted by atomic mass is 16.1. The van der Waals surface area contributed by atoms with Crippen LogP contribution in [0.1, 0.15) is 84.0 Å². The van der Waals surface area contributed by atoms with Crippen LogP contribution in [0, 0.1) is 0 Å². The Morgan fingerprint density at radius 2 is 1.24 bits per heavy atom. The SMILES string of the molecule is CCCCCCCCCCCCCC=C=C=O. The Morgan fingerprint density at radius 1 is 0.765 bits per heavy atom. The summed E-state index contributed by atoms with van der Waals surface area (Å²) in [5, 5.41) is 0. The van der Waals surface area contributed by atoms with E-state index in [2.05, 4.69) is 12.7 Å². The molecule has 0 aliphatic carbocycles. The Labute approximate surface area is 107 Å². The van der Waals surface area contributed by atoms with Gasteiger partial charge in [-0.1, -0.05) is 71.1 Å². The van der Waals surface area contributed by atoms with Gasteiger partial charge in [-0.2, -0.15) is 0 Å². The van der Waals surface area contributed by atoms with Crippen LogP contribution in [0.4, 0.5) is 0 Å². The third kappa shape index (κ3) is 15.2. The third-order valence-electron chi connectivity index (χ3n) is 3.11. The minimum Gasteiger partial charge on any atom is -0.224 e. The fourth-order valence-corrected chi connectivity index (χ4v) is 2.02. The van der Waals surface area contributed by atoms with Gasteiger partial charge in [-0.3, -0.25) is 0 Å². The Morgan fingerprint density at radius 3 is 1.71 bits per heavy atom. The quantitative estimate of drug-likeness (QED) is 0.257. The Bertz CT molecular complexity index is 220. The second-order valence-corrected chi connectivity index (χ2v) is 4.77. The van der Waals surface area contributed by atoms with Crippen molar-refractivity contribution in [2.45, 2.75) is 84.0 Å². The van der Waals surface area contributed by atoms with Gasteiger partial charge in [0.2, 0.25) is 0 Å². The largest absolute Gasteiger partial charge is 0.224 e. The summed E-state index contributed by atoms with van der Waals surface area (Å²) in [6.45, 7) is 2.26. The summed E-state index contributed by atoms with van der Waals surface area (Å²) in [5.74, 6) is 1.65. The number of carbonyl (C=O) groups excluding carboxylic acids is 1. The van der Waals surface area contributed by atoms with Gasteiger partial charge in [-0.15, -0.1) is 0 Å². The summed E-state index contributed by atoms with van der Waals surface area (Å²) in [4.78, 5) is 9.84. The molecule has 0 atom stereocenters. The minimum absolute atomic E-state index is 0.978. The lowest BCUT2D eigenvalue weighted by molar-refractivity contribution is 0.550. The Balaban J connectivity index is 2.98. The molecule has 0 rings (SSSR count). The smallest absolute Gasteiger partial charge is 0.176 e. The van der Waals surface area contributed by atoms with Crippen LogP contribution in [0.3, 0.4) is 0 Å². The molecule has 0 aliphatic heterocycles. The highest BCUT2D eigenvalue weighted by Gasteiger charge is 1.92. The summed E-state index contributed by atoms with van der Waals surface area (Å²) in [5.41, 5.74) is 2.45. The van der Waals surface area contributed by atoms with Crippen LogP contribution >= 0.6 is 0 Å². The highest BCUT2D eigenvalue weighted by molar-refractivity contribution is 5.43. The molecular weight excluding hydrogens is 208 g/mol. The van der Waals surface area contributed by atoms with Crippen molar-refractivity contribution in [2.75, 3.05) is 0 Å². The highest BCUT2D eigenvalue weighted by Crippen LogP contribution is 2.11. The standard InChI is InChI=1S/C16H28O/c1-2-3-4-5-6-7-8-9-10-11-12-13-14-15-16-17/h14H,2-13H2,1H3. The molecule has 0 aromatic carbocycles. The fraction of sp³-hybridized carbons (Fsp3) is 0.812. The molecule has 0 bridgehead atoms. The van der Waals surface area contributed by atoms with Crippen molar-refractivity contribution in [2.24, 2.45) is 0 Å². The predicted octanol–water partition coefficient (Wildman–Crippen LogP) is 5.23. The van der Waals surface area contributed by atoms with Crippen molar-refractivity contribution in [1.29, 1.82) is 0 Å². The number of hydrogen-bond donors (Lipinski definition) is 0. The van der Waals surface area contributed by atoms with Crippen molar-refractivity contribution < 1.29 is 4.79 Å². The molecule has 0 spiro atoms. The predicted molar refractivity (Wildman–Crippen MR) is 74.9 cm³/mol. The molecule has 0 amide bonds. The van der Waals surface area contributed by atoms with E-state index in [4.69, 9.17) is 0 Å². The summed E-state index contributed by atoms with van der Waals surface area (Å²) < 4.78 is 0. The molecule has 1 heteroatoms. The van der Waals surface area contributed by atoms with Crippen LogP contribution in [-0.2, 0) is 4.79 Å².